The molecule has 3 rings (SSSR count). The van der Waals surface area contributed by atoms with Crippen LogP contribution in [0.25, 0.3) is 0 Å². The third-order valence-electron chi connectivity index (χ3n) is 5.09. The van der Waals surface area contributed by atoms with Crippen molar-refractivity contribution in [3.8, 4) is 0 Å². The van der Waals surface area contributed by atoms with Crippen LogP contribution in [0.5, 0.6) is 0 Å². The van der Waals surface area contributed by atoms with E-state index in [1.54, 1.807) is 18.2 Å². The first kappa shape index (κ1) is 24.8. The summed E-state index contributed by atoms with van der Waals surface area (Å²) in [5, 5.41) is 15.7. The number of aryl methyl sites for hydroxylation is 1. The molecule has 1 aromatic heterocycles. The zero-order valence-corrected chi connectivity index (χ0v) is 20.7. The number of hydrogen-bond acceptors (Lipinski definition) is 5. The van der Waals surface area contributed by atoms with Gasteiger partial charge in [-0.15, -0.1) is 10.2 Å². The quantitative estimate of drug-likeness (QED) is 0.411. The fraction of sp³-hybridized carbons (Fsp3) is 0.333. The number of carbonyl (C=O) groups is 2. The van der Waals surface area contributed by atoms with Gasteiger partial charge < -0.3 is 15.2 Å². The monoisotopic (exact) mass is 485 g/mol. The third-order valence-corrected chi connectivity index (χ3v) is 6.38. The van der Waals surface area contributed by atoms with E-state index in [9.17, 15) is 9.59 Å². The second kappa shape index (κ2) is 11.3. The van der Waals surface area contributed by atoms with Crippen molar-refractivity contribution in [3.05, 3.63) is 70.5 Å². The Morgan fingerprint density at radius 3 is 2.42 bits per heavy atom. The fourth-order valence-electron chi connectivity index (χ4n) is 3.27. The molecule has 0 aliphatic rings. The molecule has 0 bridgehead atoms. The van der Waals surface area contributed by atoms with Gasteiger partial charge in [-0.2, -0.15) is 0 Å². The van der Waals surface area contributed by atoms with Crippen LogP contribution in [0.1, 0.15) is 48.6 Å². The van der Waals surface area contributed by atoms with Gasteiger partial charge in [-0.25, -0.2) is 0 Å². The van der Waals surface area contributed by atoms with Crippen molar-refractivity contribution in [1.82, 2.24) is 20.1 Å². The minimum atomic E-state index is -0.322. The van der Waals surface area contributed by atoms with Crippen molar-refractivity contribution < 1.29 is 9.59 Å². The Balaban J connectivity index is 1.71. The molecule has 7 nitrogen and oxygen atoms in total. The average Bonchev–Trinajstić information content (AvgIpc) is 3.20. The van der Waals surface area contributed by atoms with Crippen LogP contribution >= 0.6 is 23.4 Å². The van der Waals surface area contributed by atoms with E-state index in [4.69, 9.17) is 11.6 Å². The number of thioether (sulfide) groups is 1. The van der Waals surface area contributed by atoms with Crippen molar-refractivity contribution in [1.29, 1.82) is 0 Å². The standard InChI is InChI=1S/C24H28ClN5O2S/c1-5-30-22(21(15(2)3)27-23(32)17-12-10-16(4)11-13-17)28-29-24(30)33-14-20(31)26-19-9-7-6-8-18(19)25/h6-13,15,21H,5,14H2,1-4H3,(H,26,31)(H,27,32). The highest BCUT2D eigenvalue weighted by Crippen LogP contribution is 2.26. The van der Waals surface area contributed by atoms with E-state index >= 15 is 0 Å². The number of anilines is 1. The van der Waals surface area contributed by atoms with E-state index in [-0.39, 0.29) is 29.5 Å². The number of nitrogens with zero attached hydrogens (tertiary/aromatic N) is 3. The van der Waals surface area contributed by atoms with E-state index in [1.807, 2.05) is 62.6 Å². The second-order valence-electron chi connectivity index (χ2n) is 7.96. The Bertz CT molecular complexity index is 1110. The summed E-state index contributed by atoms with van der Waals surface area (Å²) < 4.78 is 1.94. The Labute approximate surface area is 203 Å². The lowest BCUT2D eigenvalue weighted by atomic mass is 10.0. The summed E-state index contributed by atoms with van der Waals surface area (Å²) in [4.78, 5) is 25.2. The van der Waals surface area contributed by atoms with Crippen LogP contribution in [0.2, 0.25) is 5.02 Å². The number of nitrogens with one attached hydrogen (secondary N) is 2. The molecule has 174 valence electrons. The first-order valence-corrected chi connectivity index (χ1v) is 12.1. The number of carbonyl (C=O) groups excluding carboxylic acids is 2. The van der Waals surface area contributed by atoms with Crippen molar-refractivity contribution in [2.24, 2.45) is 5.92 Å². The summed E-state index contributed by atoms with van der Waals surface area (Å²) >= 11 is 7.41. The maximum absolute atomic E-state index is 12.8. The second-order valence-corrected chi connectivity index (χ2v) is 9.31. The number of hydrogen-bond donors (Lipinski definition) is 2. The maximum atomic E-state index is 12.8. The lowest BCUT2D eigenvalue weighted by molar-refractivity contribution is -0.113. The Morgan fingerprint density at radius 1 is 1.09 bits per heavy atom. The van der Waals surface area contributed by atoms with Gasteiger partial charge in [0.2, 0.25) is 5.91 Å². The molecule has 0 aliphatic carbocycles. The zero-order valence-electron chi connectivity index (χ0n) is 19.1. The molecule has 1 heterocycles. The van der Waals surface area contributed by atoms with Gasteiger partial charge in [0.1, 0.15) is 0 Å². The highest BCUT2D eigenvalue weighted by Gasteiger charge is 2.26. The summed E-state index contributed by atoms with van der Waals surface area (Å²) in [7, 11) is 0. The van der Waals surface area contributed by atoms with E-state index in [0.717, 1.165) is 5.56 Å². The highest BCUT2D eigenvalue weighted by molar-refractivity contribution is 7.99. The van der Waals surface area contributed by atoms with Crippen LogP contribution in [-0.2, 0) is 11.3 Å². The SMILES string of the molecule is CCn1c(SCC(=O)Nc2ccccc2Cl)nnc1C(NC(=O)c1ccc(C)cc1)C(C)C. The lowest BCUT2D eigenvalue weighted by Crippen LogP contribution is -2.33. The zero-order chi connectivity index (χ0) is 24.0. The first-order valence-electron chi connectivity index (χ1n) is 10.8. The van der Waals surface area contributed by atoms with Crippen LogP contribution in [-0.4, -0.2) is 32.3 Å². The molecular formula is C24H28ClN5O2S. The van der Waals surface area contributed by atoms with E-state index in [1.165, 1.54) is 11.8 Å². The molecule has 2 N–H and O–H groups in total. The van der Waals surface area contributed by atoms with Crippen LogP contribution < -0.4 is 10.6 Å². The summed E-state index contributed by atoms with van der Waals surface area (Å²) in [5.41, 5.74) is 2.26. The normalized spacial score (nSPS) is 11.9. The first-order chi connectivity index (χ1) is 15.8. The van der Waals surface area contributed by atoms with Gasteiger partial charge in [0, 0.05) is 12.1 Å². The molecule has 33 heavy (non-hydrogen) atoms. The number of amides is 2. The fourth-order valence-corrected chi connectivity index (χ4v) is 4.26. The summed E-state index contributed by atoms with van der Waals surface area (Å²) in [6.07, 6.45) is 0. The number of para-hydroxylation sites is 1. The molecule has 0 saturated heterocycles. The van der Waals surface area contributed by atoms with Crippen LogP contribution in [0.15, 0.2) is 53.7 Å². The molecule has 1 unspecified atom stereocenters. The molecule has 1 atom stereocenters. The molecule has 0 radical (unpaired) electrons. The smallest absolute Gasteiger partial charge is 0.251 e. The Hall–Kier alpha value is -2.84. The van der Waals surface area contributed by atoms with Crippen LogP contribution in [0, 0.1) is 12.8 Å². The van der Waals surface area contributed by atoms with Crippen LogP contribution in [0.4, 0.5) is 5.69 Å². The molecule has 0 saturated carbocycles. The predicted octanol–water partition coefficient (Wildman–Crippen LogP) is 5.12. The summed E-state index contributed by atoms with van der Waals surface area (Å²) in [5.74, 6) is 0.573. The number of rotatable bonds is 9. The molecule has 2 aromatic carbocycles. The van der Waals surface area contributed by atoms with Crippen molar-refractivity contribution in [2.75, 3.05) is 11.1 Å². The van der Waals surface area contributed by atoms with Gasteiger partial charge in [0.15, 0.2) is 11.0 Å². The molecule has 0 fully saturated rings. The molecular weight excluding hydrogens is 458 g/mol. The number of aromatic nitrogens is 3. The highest BCUT2D eigenvalue weighted by atomic mass is 35.5. The Kier molecular flexibility index (Phi) is 8.52. The molecule has 0 spiro atoms. The molecule has 0 aliphatic heterocycles. The summed E-state index contributed by atoms with van der Waals surface area (Å²) in [6, 6.07) is 14.2. The van der Waals surface area contributed by atoms with Gasteiger partial charge in [-0.1, -0.05) is 67.0 Å². The minimum absolute atomic E-state index is 0.0928. The number of benzene rings is 2. The van der Waals surface area contributed by atoms with E-state index in [0.29, 0.717) is 33.8 Å². The van der Waals surface area contributed by atoms with Gasteiger partial charge in [-0.3, -0.25) is 9.59 Å². The van der Waals surface area contributed by atoms with Crippen molar-refractivity contribution in [3.63, 3.8) is 0 Å². The number of halogens is 1. The van der Waals surface area contributed by atoms with Crippen molar-refractivity contribution >= 4 is 40.9 Å². The van der Waals surface area contributed by atoms with Crippen LogP contribution in [0.3, 0.4) is 0 Å². The third kappa shape index (κ3) is 6.36. The molecule has 9 heteroatoms. The topological polar surface area (TPSA) is 88.9 Å². The largest absolute Gasteiger partial charge is 0.342 e. The summed E-state index contributed by atoms with van der Waals surface area (Å²) in [6.45, 7) is 8.63. The van der Waals surface area contributed by atoms with Gasteiger partial charge in [0.25, 0.3) is 5.91 Å². The predicted molar refractivity (Wildman–Crippen MR) is 133 cm³/mol. The van der Waals surface area contributed by atoms with E-state index in [2.05, 4.69) is 20.8 Å². The van der Waals surface area contributed by atoms with Gasteiger partial charge in [0.05, 0.1) is 22.5 Å². The maximum Gasteiger partial charge on any atom is 0.251 e. The Morgan fingerprint density at radius 2 is 1.79 bits per heavy atom. The van der Waals surface area contributed by atoms with Crippen molar-refractivity contribution in [2.45, 2.75) is 45.4 Å². The molecule has 3 aromatic rings. The molecule has 2 amide bonds. The van der Waals surface area contributed by atoms with Gasteiger partial charge in [-0.05, 0) is 44.0 Å². The van der Waals surface area contributed by atoms with Gasteiger partial charge >= 0.3 is 0 Å². The average molecular weight is 486 g/mol. The minimum Gasteiger partial charge on any atom is -0.342 e. The van der Waals surface area contributed by atoms with E-state index < -0.39 is 0 Å². The lowest BCUT2D eigenvalue weighted by Gasteiger charge is -2.22.